The average molecular weight is 686 g/mol. The van der Waals surface area contributed by atoms with E-state index in [2.05, 4.69) is 50.3 Å². The maximum atomic E-state index is 13.0. The molecule has 2 aromatic rings. The van der Waals surface area contributed by atoms with Gasteiger partial charge in [-0.2, -0.15) is 0 Å². The van der Waals surface area contributed by atoms with Crippen molar-refractivity contribution < 1.29 is 27.4 Å². The van der Waals surface area contributed by atoms with Crippen LogP contribution in [0.15, 0.2) is 64.0 Å². The topological polar surface area (TPSA) is 86.3 Å². The number of ether oxygens (including phenoxy) is 4. The average Bonchev–Trinajstić information content (AvgIpc) is 3.23. The van der Waals surface area contributed by atoms with Gasteiger partial charge < -0.3 is 23.8 Å². The molecule has 0 unspecified atom stereocenters. The van der Waals surface area contributed by atoms with Gasteiger partial charge in [0.2, 0.25) is 10.0 Å². The molecule has 0 bridgehead atoms. The molecule has 2 aromatic carbocycles. The molecule has 0 aromatic heterocycles. The second-order valence-electron chi connectivity index (χ2n) is 10.5. The Morgan fingerprint density at radius 1 is 1.00 bits per heavy atom. The Balaban J connectivity index is 1.36. The van der Waals surface area contributed by atoms with Crippen molar-refractivity contribution in [1.29, 1.82) is 0 Å². The summed E-state index contributed by atoms with van der Waals surface area (Å²) in [6, 6.07) is 12.8. The summed E-state index contributed by atoms with van der Waals surface area (Å²) in [7, 11) is -3.67. The second-order valence-corrected chi connectivity index (χ2v) is 13.6. The first-order chi connectivity index (χ1) is 20.3. The number of nitrogens with zero attached hydrogens (tertiary/aromatic N) is 1. The maximum Gasteiger partial charge on any atom is 0.240 e. The number of halogens is 2. The van der Waals surface area contributed by atoms with E-state index in [4.69, 9.17) is 30.5 Å². The number of hydrogen-bond acceptors (Lipinski definition) is 7. The van der Waals surface area contributed by atoms with E-state index in [1.807, 2.05) is 6.92 Å². The fourth-order valence-corrected chi connectivity index (χ4v) is 7.61. The van der Waals surface area contributed by atoms with Crippen molar-refractivity contribution in [2.75, 3.05) is 70.8 Å². The minimum Gasteiger partial charge on any atom is -0.379 e. The van der Waals surface area contributed by atoms with Crippen LogP contribution in [0.1, 0.15) is 38.2 Å². The lowest BCUT2D eigenvalue weighted by molar-refractivity contribution is 0.000131. The Morgan fingerprint density at radius 2 is 1.64 bits per heavy atom. The summed E-state index contributed by atoms with van der Waals surface area (Å²) in [5, 5.41) is 0.498. The number of benzene rings is 2. The van der Waals surface area contributed by atoms with E-state index >= 15 is 0 Å². The van der Waals surface area contributed by atoms with E-state index in [0.29, 0.717) is 70.8 Å². The minimum absolute atomic E-state index is 0.178. The van der Waals surface area contributed by atoms with Gasteiger partial charge in [0.25, 0.3) is 0 Å². The number of fused-ring (bicyclic) bond motifs is 3. The highest BCUT2D eigenvalue weighted by Gasteiger charge is 2.53. The number of nitrogens with one attached hydrogen (secondary N) is 1. The molecule has 1 aliphatic heterocycles. The molecular weight excluding hydrogens is 644 g/mol. The lowest BCUT2D eigenvalue weighted by atomic mass is 9.63. The Bertz CT molecular complexity index is 1280. The molecule has 11 heteroatoms. The SMILES string of the molecule is C=C1CCC[C@@H]2N(CCOCCOCCOCCOCC)c3ccc(Br)cc3[C@]12CCNS(=O)(=O)c1ccc(Cl)cc1. The van der Waals surface area contributed by atoms with Crippen molar-refractivity contribution in [1.82, 2.24) is 4.72 Å². The van der Waals surface area contributed by atoms with E-state index in [9.17, 15) is 8.42 Å². The highest BCUT2D eigenvalue weighted by atomic mass is 79.9. The maximum absolute atomic E-state index is 13.0. The van der Waals surface area contributed by atoms with E-state index in [0.717, 1.165) is 41.5 Å². The van der Waals surface area contributed by atoms with Gasteiger partial charge in [-0.05, 0) is 80.6 Å². The predicted octanol–water partition coefficient (Wildman–Crippen LogP) is 5.72. The zero-order valence-corrected chi connectivity index (χ0v) is 27.4. The molecule has 8 nitrogen and oxygen atoms in total. The van der Waals surface area contributed by atoms with Gasteiger partial charge >= 0.3 is 0 Å². The Labute approximate surface area is 263 Å². The van der Waals surface area contributed by atoms with Gasteiger partial charge in [-0.3, -0.25) is 0 Å². The van der Waals surface area contributed by atoms with Crippen molar-refractivity contribution >= 4 is 43.2 Å². The summed E-state index contributed by atoms with van der Waals surface area (Å²) in [4.78, 5) is 2.64. The van der Waals surface area contributed by atoms with Crippen molar-refractivity contribution in [2.24, 2.45) is 0 Å². The lowest BCUT2D eigenvalue weighted by Gasteiger charge is -2.45. The zero-order valence-electron chi connectivity index (χ0n) is 24.3. The molecule has 2 atom stereocenters. The smallest absolute Gasteiger partial charge is 0.240 e. The summed E-state index contributed by atoms with van der Waals surface area (Å²) in [6.07, 6.45) is 3.59. The van der Waals surface area contributed by atoms with Crippen LogP contribution in [0.2, 0.25) is 5.02 Å². The molecule has 232 valence electrons. The fraction of sp³-hybridized carbons (Fsp3) is 0.548. The quantitative estimate of drug-likeness (QED) is 0.159. The summed E-state index contributed by atoms with van der Waals surface area (Å²) >= 11 is 9.63. The third kappa shape index (κ3) is 8.15. The fourth-order valence-electron chi connectivity index (χ4n) is 6.09. The summed E-state index contributed by atoms with van der Waals surface area (Å²) in [6.45, 7) is 12.0. The normalized spacial score (nSPS) is 20.1. The lowest BCUT2D eigenvalue weighted by Crippen LogP contribution is -2.50. The minimum atomic E-state index is -3.67. The first-order valence-corrected chi connectivity index (χ1v) is 17.3. The third-order valence-electron chi connectivity index (χ3n) is 8.01. The van der Waals surface area contributed by atoms with Gasteiger partial charge in [0, 0.05) is 46.3 Å². The van der Waals surface area contributed by atoms with Gasteiger partial charge in [-0.15, -0.1) is 0 Å². The molecule has 42 heavy (non-hydrogen) atoms. The molecule has 1 saturated carbocycles. The summed E-state index contributed by atoms with van der Waals surface area (Å²) in [5.41, 5.74) is 3.16. The molecule has 0 radical (unpaired) electrons. The number of anilines is 1. The van der Waals surface area contributed by atoms with Crippen LogP contribution in [-0.4, -0.2) is 80.4 Å². The molecule has 0 spiro atoms. The third-order valence-corrected chi connectivity index (χ3v) is 10.2. The van der Waals surface area contributed by atoms with Crippen LogP contribution in [0.3, 0.4) is 0 Å². The van der Waals surface area contributed by atoms with Crippen molar-refractivity contribution in [2.45, 2.75) is 49.0 Å². The number of rotatable bonds is 18. The molecule has 1 aliphatic carbocycles. The molecule has 4 rings (SSSR count). The monoisotopic (exact) mass is 684 g/mol. The van der Waals surface area contributed by atoms with Gasteiger partial charge in [0.1, 0.15) is 0 Å². The van der Waals surface area contributed by atoms with Crippen LogP contribution in [0, 0.1) is 0 Å². The van der Waals surface area contributed by atoms with E-state index in [1.165, 1.54) is 17.7 Å². The summed E-state index contributed by atoms with van der Waals surface area (Å²) < 4.78 is 52.2. The van der Waals surface area contributed by atoms with Gasteiger partial charge in [-0.1, -0.05) is 39.7 Å². The van der Waals surface area contributed by atoms with E-state index in [1.54, 1.807) is 12.1 Å². The van der Waals surface area contributed by atoms with Crippen LogP contribution in [0.25, 0.3) is 0 Å². The highest BCUT2D eigenvalue weighted by Crippen LogP contribution is 2.56. The largest absolute Gasteiger partial charge is 0.379 e. The van der Waals surface area contributed by atoms with E-state index in [-0.39, 0.29) is 16.4 Å². The molecular formula is C31H42BrClN2O6S. The molecule has 0 amide bonds. The van der Waals surface area contributed by atoms with Gasteiger partial charge in [-0.25, -0.2) is 13.1 Å². The Hall–Kier alpha value is -1.50. The molecule has 1 fully saturated rings. The molecule has 1 heterocycles. The van der Waals surface area contributed by atoms with Crippen molar-refractivity contribution in [3.8, 4) is 0 Å². The zero-order chi connectivity index (χ0) is 30.0. The van der Waals surface area contributed by atoms with Crippen LogP contribution < -0.4 is 9.62 Å². The number of sulfonamides is 1. The van der Waals surface area contributed by atoms with Crippen LogP contribution in [0.4, 0.5) is 5.69 Å². The van der Waals surface area contributed by atoms with Crippen LogP contribution in [0.5, 0.6) is 0 Å². The van der Waals surface area contributed by atoms with Crippen molar-refractivity contribution in [3.05, 3.63) is 69.7 Å². The molecule has 1 N–H and O–H groups in total. The Kier molecular flexibility index (Phi) is 12.7. The van der Waals surface area contributed by atoms with Crippen LogP contribution in [-0.2, 0) is 34.4 Å². The van der Waals surface area contributed by atoms with Crippen LogP contribution >= 0.6 is 27.5 Å². The van der Waals surface area contributed by atoms with Gasteiger partial charge in [0.05, 0.1) is 51.1 Å². The van der Waals surface area contributed by atoms with Crippen molar-refractivity contribution in [3.63, 3.8) is 0 Å². The molecule has 0 saturated heterocycles. The first kappa shape index (κ1) is 33.4. The van der Waals surface area contributed by atoms with E-state index < -0.39 is 10.0 Å². The molecule has 2 aliphatic rings. The highest BCUT2D eigenvalue weighted by molar-refractivity contribution is 9.10. The summed E-state index contributed by atoms with van der Waals surface area (Å²) in [5.74, 6) is 0. The van der Waals surface area contributed by atoms with Gasteiger partial charge in [0.15, 0.2) is 0 Å². The second kappa shape index (κ2) is 16.0. The standard InChI is InChI=1S/C31H42BrClN2O6S/c1-3-38-17-18-40-21-22-41-20-19-39-16-15-35-29-12-7-25(32)23-28(29)31(24(2)5-4-6-30(31)35)13-14-34-42(36,37)27-10-8-26(33)9-11-27/h7-12,23,30,34H,2-6,13-22H2,1H3/t30-,31-/m0/s1. The number of hydrogen-bond donors (Lipinski definition) is 1. The Morgan fingerprint density at radius 3 is 2.31 bits per heavy atom. The predicted molar refractivity (Wildman–Crippen MR) is 170 cm³/mol. The first-order valence-electron chi connectivity index (χ1n) is 14.6.